The second-order valence-electron chi connectivity index (χ2n) is 4.84. The zero-order valence-electron chi connectivity index (χ0n) is 12.7. The van der Waals surface area contributed by atoms with Gasteiger partial charge in [-0.25, -0.2) is 0 Å². The van der Waals surface area contributed by atoms with Gasteiger partial charge in [0.25, 0.3) is 5.91 Å². The number of rotatable bonds is 5. The molecule has 3 rings (SSSR count). The molecule has 0 bridgehead atoms. The van der Waals surface area contributed by atoms with Crippen LogP contribution in [-0.2, 0) is 0 Å². The van der Waals surface area contributed by atoms with Gasteiger partial charge in [0.05, 0.1) is 0 Å². The highest BCUT2D eigenvalue weighted by Gasteiger charge is 2.17. The quantitative estimate of drug-likeness (QED) is 0.595. The number of hydrogen-bond acceptors (Lipinski definition) is 5. The summed E-state index contributed by atoms with van der Waals surface area (Å²) < 4.78 is 0. The molecule has 122 valence electrons. The lowest BCUT2D eigenvalue weighted by Crippen LogP contribution is -2.14. The molecule has 3 aromatic rings. The first-order valence-corrected chi connectivity index (χ1v) is 8.65. The minimum absolute atomic E-state index is 0.180. The van der Waals surface area contributed by atoms with Gasteiger partial charge in [-0.3, -0.25) is 4.79 Å². The van der Waals surface area contributed by atoms with Crippen molar-refractivity contribution in [2.24, 2.45) is 0 Å². The van der Waals surface area contributed by atoms with Crippen molar-refractivity contribution >= 4 is 46.5 Å². The third-order valence-corrected chi connectivity index (χ3v) is 4.17. The van der Waals surface area contributed by atoms with Crippen LogP contribution in [0.1, 0.15) is 10.5 Å². The average molecular weight is 360 g/mol. The van der Waals surface area contributed by atoms with E-state index in [1.54, 1.807) is 36.0 Å². The van der Waals surface area contributed by atoms with Gasteiger partial charge in [-0.2, -0.15) is 5.21 Å². The Balaban J connectivity index is 1.76. The van der Waals surface area contributed by atoms with Crippen molar-refractivity contribution in [2.45, 2.75) is 4.90 Å². The predicted octanol–water partition coefficient (Wildman–Crippen LogP) is 4.18. The molecular weight excluding hydrogens is 346 g/mol. The molecule has 0 fully saturated rings. The molecule has 0 saturated carbocycles. The summed E-state index contributed by atoms with van der Waals surface area (Å²) in [7, 11) is 0. The molecule has 0 radical (unpaired) electrons. The number of anilines is 3. The van der Waals surface area contributed by atoms with Crippen LogP contribution in [0.2, 0.25) is 5.02 Å². The second-order valence-corrected chi connectivity index (χ2v) is 6.15. The highest BCUT2D eigenvalue weighted by molar-refractivity contribution is 7.98. The monoisotopic (exact) mass is 359 g/mol. The Hall–Kier alpha value is -2.51. The van der Waals surface area contributed by atoms with E-state index < -0.39 is 0 Å². The lowest BCUT2D eigenvalue weighted by molar-refractivity contribution is 0.102. The van der Waals surface area contributed by atoms with Crippen LogP contribution in [0, 0.1) is 0 Å². The summed E-state index contributed by atoms with van der Waals surface area (Å²) >= 11 is 7.47. The number of nitrogens with one attached hydrogen (secondary N) is 3. The molecule has 0 aliphatic heterocycles. The van der Waals surface area contributed by atoms with E-state index in [2.05, 4.69) is 26.0 Å². The van der Waals surface area contributed by atoms with E-state index in [9.17, 15) is 4.79 Å². The van der Waals surface area contributed by atoms with Crippen LogP contribution in [0.4, 0.5) is 17.2 Å². The molecule has 2 aromatic carbocycles. The van der Waals surface area contributed by atoms with Crippen LogP contribution in [0.3, 0.4) is 0 Å². The number of H-pyrrole nitrogens is 1. The van der Waals surface area contributed by atoms with Gasteiger partial charge in [-0.05, 0) is 48.7 Å². The Kier molecular flexibility index (Phi) is 5.02. The summed E-state index contributed by atoms with van der Waals surface area (Å²) in [5, 5.41) is 16.9. The zero-order chi connectivity index (χ0) is 16.9. The molecular formula is C16H14ClN5OS. The number of benzene rings is 2. The summed E-state index contributed by atoms with van der Waals surface area (Å²) in [6.45, 7) is 0. The summed E-state index contributed by atoms with van der Waals surface area (Å²) in [6, 6.07) is 14.7. The van der Waals surface area contributed by atoms with Crippen LogP contribution in [0.5, 0.6) is 0 Å². The first-order valence-electron chi connectivity index (χ1n) is 7.04. The Morgan fingerprint density at radius 3 is 2.67 bits per heavy atom. The van der Waals surface area contributed by atoms with Crippen LogP contribution < -0.4 is 10.6 Å². The molecule has 0 atom stereocenters. The summed E-state index contributed by atoms with van der Waals surface area (Å²) in [5.41, 5.74) is 1.64. The molecule has 1 amide bonds. The molecule has 0 spiro atoms. The Labute approximate surface area is 148 Å². The number of thioether (sulfide) groups is 1. The van der Waals surface area contributed by atoms with Gasteiger partial charge in [0.15, 0.2) is 11.5 Å². The topological polar surface area (TPSA) is 82.7 Å². The van der Waals surface area contributed by atoms with Crippen LogP contribution >= 0.6 is 23.4 Å². The fourth-order valence-corrected chi connectivity index (χ4v) is 2.62. The van der Waals surface area contributed by atoms with Gasteiger partial charge in [-0.15, -0.1) is 22.0 Å². The van der Waals surface area contributed by atoms with Crippen molar-refractivity contribution in [3.05, 3.63) is 59.2 Å². The summed E-state index contributed by atoms with van der Waals surface area (Å²) in [5.74, 6) is -0.00527. The fraction of sp³-hybridized carbons (Fsp3) is 0.0625. The zero-order valence-corrected chi connectivity index (χ0v) is 14.3. The Morgan fingerprint density at radius 2 is 1.92 bits per heavy atom. The first-order chi connectivity index (χ1) is 11.7. The molecule has 0 aliphatic rings. The van der Waals surface area contributed by atoms with E-state index in [-0.39, 0.29) is 11.6 Å². The lowest BCUT2D eigenvalue weighted by Gasteiger charge is -2.07. The first kappa shape index (κ1) is 16.4. The maximum absolute atomic E-state index is 12.4. The van der Waals surface area contributed by atoms with E-state index in [4.69, 9.17) is 11.6 Å². The average Bonchev–Trinajstić information content (AvgIpc) is 3.05. The number of nitrogens with zero attached hydrogens (tertiary/aromatic N) is 2. The van der Waals surface area contributed by atoms with Crippen molar-refractivity contribution in [1.29, 1.82) is 0 Å². The van der Waals surface area contributed by atoms with Gasteiger partial charge in [0.1, 0.15) is 0 Å². The Bertz CT molecular complexity index is 850. The molecule has 8 heteroatoms. The summed E-state index contributed by atoms with van der Waals surface area (Å²) in [6.07, 6.45) is 1.98. The molecule has 1 aromatic heterocycles. The van der Waals surface area contributed by atoms with E-state index in [1.165, 1.54) is 0 Å². The molecule has 3 N–H and O–H groups in total. The normalized spacial score (nSPS) is 10.4. The smallest absolute Gasteiger partial charge is 0.280 e. The minimum Gasteiger partial charge on any atom is -0.337 e. The van der Waals surface area contributed by atoms with Gasteiger partial charge < -0.3 is 10.6 Å². The molecule has 24 heavy (non-hydrogen) atoms. The van der Waals surface area contributed by atoms with Crippen molar-refractivity contribution in [1.82, 2.24) is 15.4 Å². The molecule has 0 unspecified atom stereocenters. The second kappa shape index (κ2) is 7.37. The maximum atomic E-state index is 12.4. The predicted molar refractivity (Wildman–Crippen MR) is 97.3 cm³/mol. The lowest BCUT2D eigenvalue weighted by atomic mass is 10.3. The van der Waals surface area contributed by atoms with E-state index in [0.29, 0.717) is 16.5 Å². The van der Waals surface area contributed by atoms with Crippen LogP contribution in [0.15, 0.2) is 53.4 Å². The van der Waals surface area contributed by atoms with Gasteiger partial charge >= 0.3 is 0 Å². The fourth-order valence-electron chi connectivity index (χ4n) is 2.04. The molecule has 0 saturated heterocycles. The van der Waals surface area contributed by atoms with Crippen molar-refractivity contribution < 1.29 is 4.79 Å². The summed E-state index contributed by atoms with van der Waals surface area (Å²) in [4.78, 5) is 13.5. The highest BCUT2D eigenvalue weighted by atomic mass is 35.5. The van der Waals surface area contributed by atoms with E-state index >= 15 is 0 Å². The van der Waals surface area contributed by atoms with Crippen LogP contribution in [-0.4, -0.2) is 27.6 Å². The van der Waals surface area contributed by atoms with Gasteiger partial charge in [-0.1, -0.05) is 17.7 Å². The Morgan fingerprint density at radius 1 is 1.12 bits per heavy atom. The van der Waals surface area contributed by atoms with Crippen molar-refractivity contribution in [3.8, 4) is 0 Å². The number of carbonyl (C=O) groups excluding carboxylic acids is 1. The van der Waals surface area contributed by atoms with Crippen LogP contribution in [0.25, 0.3) is 0 Å². The van der Waals surface area contributed by atoms with Gasteiger partial charge in [0, 0.05) is 21.3 Å². The standard InChI is InChI=1S/C16H14ClN5OS/c1-24-13-4-2-3-12(9-13)19-16(23)14-15(21-22-20-14)18-11-7-5-10(17)6-8-11/h2-9H,1H3,(H,19,23)(H2,18,20,21,22). The minimum atomic E-state index is -0.349. The van der Waals surface area contributed by atoms with Crippen molar-refractivity contribution in [3.63, 3.8) is 0 Å². The SMILES string of the molecule is CSc1cccc(NC(=O)c2n[nH]nc2Nc2ccc(Cl)cc2)c1. The number of amides is 1. The molecule has 1 heterocycles. The highest BCUT2D eigenvalue weighted by Crippen LogP contribution is 2.22. The third-order valence-electron chi connectivity index (χ3n) is 3.20. The number of halogens is 1. The number of hydrogen-bond donors (Lipinski definition) is 3. The number of aromatic amines is 1. The number of carbonyl (C=O) groups is 1. The largest absolute Gasteiger partial charge is 0.337 e. The van der Waals surface area contributed by atoms with Crippen molar-refractivity contribution in [2.75, 3.05) is 16.9 Å². The van der Waals surface area contributed by atoms with Gasteiger partial charge in [0.2, 0.25) is 0 Å². The third kappa shape index (κ3) is 3.87. The molecule has 6 nitrogen and oxygen atoms in total. The van der Waals surface area contributed by atoms with E-state index in [1.807, 2.05) is 30.5 Å². The number of aromatic nitrogens is 3. The van der Waals surface area contributed by atoms with E-state index in [0.717, 1.165) is 10.6 Å². The molecule has 0 aliphatic carbocycles. The maximum Gasteiger partial charge on any atom is 0.280 e.